The number of anilines is 1. The molecule has 5 rings (SSSR count). The van der Waals surface area contributed by atoms with Gasteiger partial charge in [0.05, 0.1) is 17.6 Å². The summed E-state index contributed by atoms with van der Waals surface area (Å²) < 4.78 is 30.1. The van der Waals surface area contributed by atoms with E-state index in [1.807, 2.05) is 45.8 Å². The van der Waals surface area contributed by atoms with Gasteiger partial charge in [0.1, 0.15) is 21.0 Å². The van der Waals surface area contributed by atoms with Gasteiger partial charge in [0.2, 0.25) is 0 Å². The fourth-order valence-corrected chi connectivity index (χ4v) is 4.79. The second kappa shape index (κ2) is 8.41. The number of pyridine rings is 1. The van der Waals surface area contributed by atoms with Crippen molar-refractivity contribution in [2.24, 2.45) is 0 Å². The molecular weight excluding hydrogens is 444 g/mol. The number of nitrogen functional groups attached to an aromatic ring is 1. The van der Waals surface area contributed by atoms with E-state index >= 15 is 0 Å². The highest BCUT2D eigenvalue weighted by atomic mass is 32.2. The molecule has 0 radical (unpaired) electrons. The highest BCUT2D eigenvalue weighted by molar-refractivity contribution is 7.90. The summed E-state index contributed by atoms with van der Waals surface area (Å²) >= 11 is 0. The first kappa shape index (κ1) is 21.8. The molecule has 0 aliphatic carbocycles. The van der Waals surface area contributed by atoms with Crippen LogP contribution in [0.4, 0.5) is 6.01 Å². The zero-order chi connectivity index (χ0) is 23.2. The number of hydrogen-bond acceptors (Lipinski definition) is 9. The summed E-state index contributed by atoms with van der Waals surface area (Å²) in [6.07, 6.45) is 4.09. The Hall–Kier alpha value is -2.99. The standard InChI is InChI=1S/C22H26N6O4S/c1-33(30,31)11-10-26-6-8-27(9-7-26)21(29)18-13-24-20-5-3-16(14-28(18)20)15-2-4-19-17(12-15)25-22(23)32-19/h2-5,12-14,21,29H,6-11H2,1H3,(H2,23,25). The van der Waals surface area contributed by atoms with Crippen molar-refractivity contribution >= 4 is 32.6 Å². The zero-order valence-electron chi connectivity index (χ0n) is 18.3. The van der Waals surface area contributed by atoms with Crippen LogP contribution in [0, 0.1) is 0 Å². The van der Waals surface area contributed by atoms with Crippen molar-refractivity contribution in [3.8, 4) is 11.1 Å². The molecule has 1 aliphatic heterocycles. The lowest BCUT2D eigenvalue weighted by Crippen LogP contribution is -2.48. The van der Waals surface area contributed by atoms with Crippen molar-refractivity contribution in [1.29, 1.82) is 0 Å². The number of sulfone groups is 1. The van der Waals surface area contributed by atoms with E-state index in [1.165, 1.54) is 6.26 Å². The number of hydrogen-bond donors (Lipinski definition) is 2. The lowest BCUT2D eigenvalue weighted by atomic mass is 10.1. The predicted octanol–water partition coefficient (Wildman–Crippen LogP) is 1.38. The van der Waals surface area contributed by atoms with Gasteiger partial charge in [-0.2, -0.15) is 4.98 Å². The molecule has 4 heterocycles. The number of imidazole rings is 1. The van der Waals surface area contributed by atoms with Crippen molar-refractivity contribution in [3.05, 3.63) is 48.4 Å². The van der Waals surface area contributed by atoms with E-state index in [9.17, 15) is 13.5 Å². The molecule has 0 amide bonds. The highest BCUT2D eigenvalue weighted by Crippen LogP contribution is 2.28. The second-order valence-electron chi connectivity index (χ2n) is 8.44. The van der Waals surface area contributed by atoms with Crippen molar-refractivity contribution in [2.75, 3.05) is 50.5 Å². The summed E-state index contributed by atoms with van der Waals surface area (Å²) in [5.41, 5.74) is 10.3. The van der Waals surface area contributed by atoms with Crippen LogP contribution in [0.25, 0.3) is 27.9 Å². The van der Waals surface area contributed by atoms with Gasteiger partial charge in [-0.05, 0) is 35.4 Å². The number of piperazine rings is 1. The van der Waals surface area contributed by atoms with Crippen LogP contribution >= 0.6 is 0 Å². The van der Waals surface area contributed by atoms with Crippen LogP contribution < -0.4 is 5.73 Å². The van der Waals surface area contributed by atoms with E-state index in [0.29, 0.717) is 49.5 Å². The van der Waals surface area contributed by atoms with Gasteiger partial charge in [0.15, 0.2) is 11.8 Å². The Balaban J connectivity index is 1.35. The summed E-state index contributed by atoms with van der Waals surface area (Å²) in [6.45, 7) is 3.21. The SMILES string of the molecule is CS(=O)(=O)CCN1CCN(C(O)c2cnc3ccc(-c4ccc5oc(N)nc5c4)cn23)CC1. The molecule has 10 nitrogen and oxygen atoms in total. The van der Waals surface area contributed by atoms with Crippen LogP contribution in [-0.2, 0) is 9.84 Å². The maximum atomic E-state index is 11.4. The van der Waals surface area contributed by atoms with Crippen molar-refractivity contribution in [1.82, 2.24) is 24.2 Å². The second-order valence-corrected chi connectivity index (χ2v) is 10.7. The molecule has 4 aromatic rings. The molecule has 11 heteroatoms. The molecular formula is C22H26N6O4S. The molecule has 0 saturated carbocycles. The molecule has 1 unspecified atom stereocenters. The molecule has 3 N–H and O–H groups in total. The van der Waals surface area contributed by atoms with E-state index in [1.54, 1.807) is 6.20 Å². The number of aliphatic hydroxyl groups excluding tert-OH is 1. The van der Waals surface area contributed by atoms with Crippen LogP contribution in [-0.4, -0.2) is 82.4 Å². The first-order chi connectivity index (χ1) is 15.8. The molecule has 1 aromatic carbocycles. The van der Waals surface area contributed by atoms with Crippen LogP contribution in [0.1, 0.15) is 11.9 Å². The first-order valence-corrected chi connectivity index (χ1v) is 12.8. The van der Waals surface area contributed by atoms with Gasteiger partial charge < -0.3 is 15.3 Å². The molecule has 1 fully saturated rings. The molecule has 0 spiro atoms. The van der Waals surface area contributed by atoms with Gasteiger partial charge in [0.25, 0.3) is 6.01 Å². The number of oxazole rings is 1. The number of nitrogens with zero attached hydrogens (tertiary/aromatic N) is 5. The average molecular weight is 471 g/mol. The Morgan fingerprint density at radius 3 is 2.67 bits per heavy atom. The van der Waals surface area contributed by atoms with E-state index < -0.39 is 16.1 Å². The van der Waals surface area contributed by atoms with E-state index in [-0.39, 0.29) is 11.8 Å². The van der Waals surface area contributed by atoms with Gasteiger partial charge in [-0.25, -0.2) is 13.4 Å². The highest BCUT2D eigenvalue weighted by Gasteiger charge is 2.26. The van der Waals surface area contributed by atoms with E-state index in [2.05, 4.69) is 14.9 Å². The zero-order valence-corrected chi connectivity index (χ0v) is 19.1. The minimum absolute atomic E-state index is 0.133. The normalized spacial score (nSPS) is 17.2. The molecule has 0 bridgehead atoms. The summed E-state index contributed by atoms with van der Waals surface area (Å²) in [6, 6.07) is 9.72. The van der Waals surface area contributed by atoms with Gasteiger partial charge in [-0.3, -0.25) is 14.2 Å². The Kier molecular flexibility index (Phi) is 5.57. The Bertz CT molecular complexity index is 1410. The topological polar surface area (TPSA) is 130 Å². The van der Waals surface area contributed by atoms with Crippen LogP contribution in [0.5, 0.6) is 0 Å². The van der Waals surface area contributed by atoms with Gasteiger partial charge in [-0.15, -0.1) is 0 Å². The molecule has 3 aromatic heterocycles. The van der Waals surface area contributed by atoms with Crippen LogP contribution in [0.15, 0.2) is 47.1 Å². The smallest absolute Gasteiger partial charge is 0.292 e. The van der Waals surface area contributed by atoms with Gasteiger partial charge in [-0.1, -0.05) is 6.07 Å². The summed E-state index contributed by atoms with van der Waals surface area (Å²) in [4.78, 5) is 12.7. The average Bonchev–Trinajstić information content (AvgIpc) is 3.38. The number of fused-ring (bicyclic) bond motifs is 2. The quantitative estimate of drug-likeness (QED) is 0.429. The minimum Gasteiger partial charge on any atom is -0.424 e. The van der Waals surface area contributed by atoms with Crippen LogP contribution in [0.3, 0.4) is 0 Å². The lowest BCUT2D eigenvalue weighted by Gasteiger charge is -2.36. The number of aliphatic hydroxyl groups is 1. The molecule has 1 aliphatic rings. The number of benzene rings is 1. The maximum absolute atomic E-state index is 11.4. The first-order valence-electron chi connectivity index (χ1n) is 10.7. The third kappa shape index (κ3) is 4.58. The Morgan fingerprint density at radius 2 is 1.91 bits per heavy atom. The van der Waals surface area contributed by atoms with Gasteiger partial charge >= 0.3 is 0 Å². The van der Waals surface area contributed by atoms with Crippen LogP contribution in [0.2, 0.25) is 0 Å². The Morgan fingerprint density at radius 1 is 1.15 bits per heavy atom. The lowest BCUT2D eigenvalue weighted by molar-refractivity contribution is -0.0293. The van der Waals surface area contributed by atoms with E-state index in [4.69, 9.17) is 10.2 Å². The third-order valence-corrected chi connectivity index (χ3v) is 6.99. The number of nitrogens with two attached hydrogens (primary N) is 1. The molecule has 1 saturated heterocycles. The summed E-state index contributed by atoms with van der Waals surface area (Å²) in [5, 5.41) is 11.1. The number of aromatic nitrogens is 3. The fourth-order valence-electron chi connectivity index (χ4n) is 4.20. The van der Waals surface area contributed by atoms with Crippen molar-refractivity contribution in [3.63, 3.8) is 0 Å². The minimum atomic E-state index is -2.98. The summed E-state index contributed by atoms with van der Waals surface area (Å²) in [5.74, 6) is 0.151. The van der Waals surface area contributed by atoms with Crippen molar-refractivity contribution in [2.45, 2.75) is 6.23 Å². The molecule has 33 heavy (non-hydrogen) atoms. The van der Waals surface area contributed by atoms with Gasteiger partial charge in [0, 0.05) is 45.2 Å². The molecule has 1 atom stereocenters. The summed E-state index contributed by atoms with van der Waals surface area (Å²) in [7, 11) is -2.98. The Labute approximate surface area is 191 Å². The third-order valence-electron chi connectivity index (χ3n) is 6.07. The van der Waals surface area contributed by atoms with E-state index in [0.717, 1.165) is 16.8 Å². The largest absolute Gasteiger partial charge is 0.424 e. The maximum Gasteiger partial charge on any atom is 0.292 e. The fraction of sp³-hybridized carbons (Fsp3) is 0.364. The van der Waals surface area contributed by atoms with Crippen molar-refractivity contribution < 1.29 is 17.9 Å². The number of rotatable bonds is 6. The monoisotopic (exact) mass is 470 g/mol. The predicted molar refractivity (Wildman–Crippen MR) is 125 cm³/mol. The molecule has 174 valence electrons.